The fraction of sp³-hybridized carbons (Fsp3) is 0.100. The number of rotatable bonds is 0. The Balaban J connectivity index is 0.000000720. The van der Waals surface area contributed by atoms with Crippen molar-refractivity contribution in [3.8, 4) is 0 Å². The Morgan fingerprint density at radius 2 is 2.17 bits per heavy atom. The molecule has 0 aliphatic rings. The van der Waals surface area contributed by atoms with Gasteiger partial charge in [-0.3, -0.25) is 4.98 Å². The fourth-order valence-corrected chi connectivity index (χ4v) is 1.21. The Kier molecular flexibility index (Phi) is 3.36. The van der Waals surface area contributed by atoms with Gasteiger partial charge >= 0.3 is 0 Å². The van der Waals surface area contributed by atoms with Gasteiger partial charge < -0.3 is 0 Å². The van der Waals surface area contributed by atoms with Crippen LogP contribution in [0.4, 0.5) is 0 Å². The number of fused-ring (bicyclic) bond motifs is 1. The SMILES string of the molecule is Cc1cncc2c[c-]ccc12.[Y]. The summed E-state index contributed by atoms with van der Waals surface area (Å²) in [6.45, 7) is 2.06. The van der Waals surface area contributed by atoms with Gasteiger partial charge in [-0.05, 0) is 18.7 Å². The van der Waals surface area contributed by atoms with Gasteiger partial charge in [0.25, 0.3) is 0 Å². The molecule has 0 fully saturated rings. The summed E-state index contributed by atoms with van der Waals surface area (Å²) in [5, 5.41) is 2.42. The number of aryl methyl sites for hydroxylation is 1. The molecule has 0 atom stereocenters. The van der Waals surface area contributed by atoms with Crippen LogP contribution in [0, 0.1) is 13.0 Å². The number of hydrogen-bond donors (Lipinski definition) is 0. The molecule has 12 heavy (non-hydrogen) atoms. The Hall–Kier alpha value is -0.266. The van der Waals surface area contributed by atoms with Crippen LogP contribution in [0.2, 0.25) is 0 Å². The molecule has 1 radical (unpaired) electrons. The predicted molar refractivity (Wildman–Crippen MR) is 45.3 cm³/mol. The molecule has 2 rings (SSSR count). The third-order valence-electron chi connectivity index (χ3n) is 1.80. The van der Waals surface area contributed by atoms with Crippen LogP contribution in [-0.4, -0.2) is 4.98 Å². The number of pyridine rings is 1. The molecule has 2 heteroatoms. The van der Waals surface area contributed by atoms with Crippen LogP contribution >= 0.6 is 0 Å². The number of hydrogen-bond acceptors (Lipinski definition) is 1. The van der Waals surface area contributed by atoms with Gasteiger partial charge in [0.15, 0.2) is 0 Å². The summed E-state index contributed by atoms with van der Waals surface area (Å²) in [5.41, 5.74) is 1.22. The van der Waals surface area contributed by atoms with E-state index in [2.05, 4.69) is 24.0 Å². The van der Waals surface area contributed by atoms with E-state index >= 15 is 0 Å². The van der Waals surface area contributed by atoms with Crippen molar-refractivity contribution >= 4 is 10.8 Å². The smallest absolute Gasteiger partial charge is 0.0269 e. The second-order valence-electron chi connectivity index (χ2n) is 2.60. The minimum atomic E-state index is 0. The van der Waals surface area contributed by atoms with E-state index in [1.165, 1.54) is 10.9 Å². The fourth-order valence-electron chi connectivity index (χ4n) is 1.21. The molecule has 1 aromatic carbocycles. The second kappa shape index (κ2) is 4.11. The number of nitrogens with zero attached hydrogens (tertiary/aromatic N) is 1. The normalized spacial score (nSPS) is 9.42. The Morgan fingerprint density at radius 3 is 2.92 bits per heavy atom. The van der Waals surface area contributed by atoms with Crippen molar-refractivity contribution in [1.29, 1.82) is 0 Å². The first-order valence-electron chi connectivity index (χ1n) is 3.58. The van der Waals surface area contributed by atoms with Crippen molar-refractivity contribution in [3.05, 3.63) is 42.2 Å². The summed E-state index contributed by atoms with van der Waals surface area (Å²) >= 11 is 0. The number of benzene rings is 1. The molecule has 1 heterocycles. The summed E-state index contributed by atoms with van der Waals surface area (Å²) in [4.78, 5) is 4.09. The van der Waals surface area contributed by atoms with Crippen molar-refractivity contribution in [2.45, 2.75) is 6.92 Å². The van der Waals surface area contributed by atoms with Crippen LogP contribution in [0.3, 0.4) is 0 Å². The molecule has 2 aromatic rings. The van der Waals surface area contributed by atoms with Gasteiger partial charge in [-0.1, -0.05) is 0 Å². The van der Waals surface area contributed by atoms with Crippen molar-refractivity contribution in [2.24, 2.45) is 0 Å². The third kappa shape index (κ3) is 1.73. The minimum Gasteiger partial charge on any atom is -0.277 e. The van der Waals surface area contributed by atoms with E-state index in [9.17, 15) is 0 Å². The average Bonchev–Trinajstić information content (AvgIpc) is 2.06. The standard InChI is InChI=1S/C10H8N.Y/c1-8-6-11-7-9-4-2-3-5-10(8)9;/h3-7H,1H3;/q-1;. The third-order valence-corrected chi connectivity index (χ3v) is 1.80. The van der Waals surface area contributed by atoms with Crippen molar-refractivity contribution < 1.29 is 32.7 Å². The van der Waals surface area contributed by atoms with Gasteiger partial charge in [0.1, 0.15) is 0 Å². The van der Waals surface area contributed by atoms with Crippen LogP contribution in [-0.2, 0) is 32.7 Å². The van der Waals surface area contributed by atoms with E-state index in [1.54, 1.807) is 0 Å². The van der Waals surface area contributed by atoms with Gasteiger partial charge in [0.2, 0.25) is 0 Å². The maximum Gasteiger partial charge on any atom is 0.0269 e. The van der Waals surface area contributed by atoms with Gasteiger partial charge in [-0.2, -0.15) is 24.3 Å². The first-order chi connectivity index (χ1) is 5.38. The summed E-state index contributed by atoms with van der Waals surface area (Å²) in [5.74, 6) is 0. The van der Waals surface area contributed by atoms with E-state index < -0.39 is 0 Å². The molecule has 0 bridgehead atoms. The molecule has 1 nitrogen and oxygen atoms in total. The topological polar surface area (TPSA) is 12.9 Å². The van der Waals surface area contributed by atoms with Crippen molar-refractivity contribution in [1.82, 2.24) is 4.98 Å². The van der Waals surface area contributed by atoms with Crippen LogP contribution in [0.15, 0.2) is 30.6 Å². The second-order valence-corrected chi connectivity index (χ2v) is 2.60. The molecular formula is C10H8NY-. The van der Waals surface area contributed by atoms with E-state index in [0.717, 1.165) is 5.39 Å². The van der Waals surface area contributed by atoms with Crippen LogP contribution in [0.1, 0.15) is 5.56 Å². The first kappa shape index (κ1) is 9.82. The average molecular weight is 231 g/mol. The van der Waals surface area contributed by atoms with Crippen molar-refractivity contribution in [2.75, 3.05) is 0 Å². The molecule has 0 spiro atoms. The summed E-state index contributed by atoms with van der Waals surface area (Å²) in [7, 11) is 0. The van der Waals surface area contributed by atoms with Gasteiger partial charge in [0, 0.05) is 38.9 Å². The van der Waals surface area contributed by atoms with Crippen LogP contribution < -0.4 is 0 Å². The van der Waals surface area contributed by atoms with E-state index in [1.807, 2.05) is 24.5 Å². The predicted octanol–water partition coefficient (Wildman–Crippen LogP) is 2.34. The molecule has 0 saturated heterocycles. The van der Waals surface area contributed by atoms with Crippen molar-refractivity contribution in [3.63, 3.8) is 0 Å². The van der Waals surface area contributed by atoms with Gasteiger partial charge in [-0.25, -0.2) is 0 Å². The molecule has 1 aromatic heterocycles. The van der Waals surface area contributed by atoms with E-state index in [0.29, 0.717) is 0 Å². The Bertz CT molecular complexity index is 379. The number of aromatic nitrogens is 1. The molecule has 0 saturated carbocycles. The summed E-state index contributed by atoms with van der Waals surface area (Å²) < 4.78 is 0. The summed E-state index contributed by atoms with van der Waals surface area (Å²) in [6.07, 6.45) is 3.74. The zero-order valence-electron chi connectivity index (χ0n) is 6.91. The molecule has 0 aliphatic heterocycles. The molecule has 0 N–H and O–H groups in total. The summed E-state index contributed by atoms with van der Waals surface area (Å²) in [6, 6.07) is 8.96. The molecule has 0 unspecified atom stereocenters. The van der Waals surface area contributed by atoms with Gasteiger partial charge in [-0.15, -0.1) is 10.8 Å². The first-order valence-corrected chi connectivity index (χ1v) is 3.58. The minimum absolute atomic E-state index is 0. The van der Waals surface area contributed by atoms with E-state index in [-0.39, 0.29) is 32.7 Å². The maximum atomic E-state index is 4.09. The molecule has 0 aliphatic carbocycles. The maximum absolute atomic E-state index is 4.09. The van der Waals surface area contributed by atoms with Gasteiger partial charge in [0.05, 0.1) is 0 Å². The monoisotopic (exact) mass is 231 g/mol. The largest absolute Gasteiger partial charge is 0.277 e. The molecule has 0 amide bonds. The Morgan fingerprint density at radius 1 is 1.33 bits per heavy atom. The Labute approximate surface area is 97.1 Å². The molecular weight excluding hydrogens is 223 g/mol. The van der Waals surface area contributed by atoms with Crippen LogP contribution in [0.25, 0.3) is 10.8 Å². The molecule has 57 valence electrons. The zero-order valence-corrected chi connectivity index (χ0v) is 9.75. The van der Waals surface area contributed by atoms with E-state index in [4.69, 9.17) is 0 Å². The zero-order chi connectivity index (χ0) is 7.68. The quantitative estimate of drug-likeness (QED) is 0.634. The van der Waals surface area contributed by atoms with Crippen LogP contribution in [0.5, 0.6) is 0 Å².